The number of benzene rings is 2. The van der Waals surface area contributed by atoms with E-state index in [0.717, 1.165) is 10.0 Å². The summed E-state index contributed by atoms with van der Waals surface area (Å²) in [4.78, 5) is 11.8. The maximum Gasteiger partial charge on any atom is 0.323 e. The number of nitrogens with one attached hydrogen (secondary N) is 2. The molecular formula is C14H13BrN2O2. The van der Waals surface area contributed by atoms with Gasteiger partial charge in [-0.15, -0.1) is 0 Å². The van der Waals surface area contributed by atoms with Gasteiger partial charge in [0.2, 0.25) is 0 Å². The van der Waals surface area contributed by atoms with Crippen molar-refractivity contribution in [3.63, 3.8) is 0 Å². The van der Waals surface area contributed by atoms with Gasteiger partial charge >= 0.3 is 6.03 Å². The molecule has 4 nitrogen and oxygen atoms in total. The first kappa shape index (κ1) is 13.4. The molecule has 0 unspecified atom stereocenters. The molecule has 5 heteroatoms. The van der Waals surface area contributed by atoms with Crippen molar-refractivity contribution in [3.8, 4) is 5.75 Å². The predicted molar refractivity (Wildman–Crippen MR) is 79.6 cm³/mol. The molecule has 0 bridgehead atoms. The van der Waals surface area contributed by atoms with Gasteiger partial charge in [0.05, 0.1) is 5.69 Å². The summed E-state index contributed by atoms with van der Waals surface area (Å²) in [6, 6.07) is 11.8. The van der Waals surface area contributed by atoms with Gasteiger partial charge in [-0.3, -0.25) is 0 Å². The normalized spacial score (nSPS) is 10.0. The summed E-state index contributed by atoms with van der Waals surface area (Å²) < 4.78 is 0.940. The highest BCUT2D eigenvalue weighted by atomic mass is 79.9. The zero-order chi connectivity index (χ0) is 13.8. The van der Waals surface area contributed by atoms with Crippen LogP contribution in [0.15, 0.2) is 46.9 Å². The smallest absolute Gasteiger partial charge is 0.323 e. The summed E-state index contributed by atoms with van der Waals surface area (Å²) in [5, 5.41) is 14.9. The fourth-order valence-electron chi connectivity index (χ4n) is 1.57. The summed E-state index contributed by atoms with van der Waals surface area (Å²) in [6.45, 7) is 1.89. The van der Waals surface area contributed by atoms with Crippen molar-refractivity contribution in [3.05, 3.63) is 52.5 Å². The highest BCUT2D eigenvalue weighted by Crippen LogP contribution is 2.24. The lowest BCUT2D eigenvalue weighted by atomic mass is 10.2. The number of anilines is 2. The van der Waals surface area contributed by atoms with Gasteiger partial charge in [-0.1, -0.05) is 22.0 Å². The van der Waals surface area contributed by atoms with E-state index in [4.69, 9.17) is 0 Å². The van der Waals surface area contributed by atoms with Crippen LogP contribution >= 0.6 is 15.9 Å². The molecule has 0 saturated heterocycles. The Kier molecular flexibility index (Phi) is 4.06. The van der Waals surface area contributed by atoms with Crippen LogP contribution in [0.2, 0.25) is 0 Å². The molecule has 19 heavy (non-hydrogen) atoms. The molecule has 2 aromatic rings. The third-order valence-electron chi connectivity index (χ3n) is 2.50. The van der Waals surface area contributed by atoms with Gasteiger partial charge in [0.25, 0.3) is 0 Å². The number of amides is 2. The summed E-state index contributed by atoms with van der Waals surface area (Å²) >= 11 is 3.32. The van der Waals surface area contributed by atoms with Crippen molar-refractivity contribution in [2.45, 2.75) is 6.92 Å². The lowest BCUT2D eigenvalue weighted by molar-refractivity contribution is 0.262. The van der Waals surface area contributed by atoms with Crippen LogP contribution in [0.1, 0.15) is 5.56 Å². The topological polar surface area (TPSA) is 61.4 Å². The second-order valence-electron chi connectivity index (χ2n) is 4.11. The van der Waals surface area contributed by atoms with Crippen molar-refractivity contribution in [2.24, 2.45) is 0 Å². The van der Waals surface area contributed by atoms with E-state index >= 15 is 0 Å². The standard InChI is InChI=1S/C14H13BrN2O2/c1-9-2-7-13(18)12(8-9)17-14(19)16-11-5-3-10(15)4-6-11/h2-8,18H,1H3,(H2,16,17,19). The third kappa shape index (κ3) is 3.72. The molecule has 2 amide bonds. The van der Waals surface area contributed by atoms with E-state index in [-0.39, 0.29) is 5.75 Å². The van der Waals surface area contributed by atoms with Gasteiger partial charge in [0.15, 0.2) is 0 Å². The van der Waals surface area contributed by atoms with E-state index in [1.165, 1.54) is 0 Å². The molecule has 0 aliphatic rings. The number of carbonyl (C=O) groups is 1. The van der Waals surface area contributed by atoms with Gasteiger partial charge in [-0.25, -0.2) is 4.79 Å². The molecule has 0 heterocycles. The van der Waals surface area contributed by atoms with E-state index in [1.54, 1.807) is 30.3 Å². The minimum absolute atomic E-state index is 0.0385. The monoisotopic (exact) mass is 320 g/mol. The quantitative estimate of drug-likeness (QED) is 0.729. The summed E-state index contributed by atoms with van der Waals surface area (Å²) in [5.74, 6) is 0.0385. The van der Waals surface area contributed by atoms with Crippen LogP contribution in [-0.4, -0.2) is 11.1 Å². The molecular weight excluding hydrogens is 308 g/mol. The van der Waals surface area contributed by atoms with Crippen molar-refractivity contribution in [1.29, 1.82) is 0 Å². The zero-order valence-corrected chi connectivity index (χ0v) is 11.9. The Labute approximate surface area is 119 Å². The summed E-state index contributed by atoms with van der Waals surface area (Å²) in [7, 11) is 0. The van der Waals surface area contributed by atoms with Crippen LogP contribution in [0, 0.1) is 6.92 Å². The van der Waals surface area contributed by atoms with Gasteiger partial charge < -0.3 is 15.7 Å². The number of rotatable bonds is 2. The molecule has 0 radical (unpaired) electrons. The van der Waals surface area contributed by atoms with E-state index < -0.39 is 6.03 Å². The molecule has 2 rings (SSSR count). The number of aromatic hydroxyl groups is 1. The fourth-order valence-corrected chi connectivity index (χ4v) is 1.83. The first-order valence-electron chi connectivity index (χ1n) is 5.68. The van der Waals surface area contributed by atoms with Gasteiger partial charge in [0.1, 0.15) is 5.75 Å². The average molecular weight is 321 g/mol. The van der Waals surface area contributed by atoms with E-state index in [9.17, 15) is 9.90 Å². The molecule has 0 aliphatic heterocycles. The van der Waals surface area contributed by atoms with Gasteiger partial charge in [-0.05, 0) is 48.9 Å². The van der Waals surface area contributed by atoms with Crippen LogP contribution in [0.25, 0.3) is 0 Å². The Balaban J connectivity index is 2.05. The molecule has 0 aromatic heterocycles. The minimum atomic E-state index is -0.400. The number of aryl methyl sites for hydroxylation is 1. The first-order chi connectivity index (χ1) is 9.04. The molecule has 98 valence electrons. The molecule has 0 atom stereocenters. The van der Waals surface area contributed by atoms with Crippen LogP contribution in [-0.2, 0) is 0 Å². The van der Waals surface area contributed by atoms with Crippen LogP contribution < -0.4 is 10.6 Å². The van der Waals surface area contributed by atoms with Crippen molar-refractivity contribution < 1.29 is 9.90 Å². The minimum Gasteiger partial charge on any atom is -0.506 e. The van der Waals surface area contributed by atoms with E-state index in [2.05, 4.69) is 26.6 Å². The first-order valence-corrected chi connectivity index (χ1v) is 6.47. The number of urea groups is 1. The largest absolute Gasteiger partial charge is 0.506 e. The molecule has 2 aromatic carbocycles. The highest BCUT2D eigenvalue weighted by Gasteiger charge is 2.06. The molecule has 0 aliphatic carbocycles. The van der Waals surface area contributed by atoms with Gasteiger partial charge in [0, 0.05) is 10.2 Å². The Hall–Kier alpha value is -2.01. The zero-order valence-electron chi connectivity index (χ0n) is 10.3. The Morgan fingerprint density at radius 2 is 1.79 bits per heavy atom. The van der Waals surface area contributed by atoms with Crippen molar-refractivity contribution >= 4 is 33.3 Å². The molecule has 0 saturated carbocycles. The SMILES string of the molecule is Cc1ccc(O)c(NC(=O)Nc2ccc(Br)cc2)c1. The Bertz CT molecular complexity index is 597. The number of hydrogen-bond acceptors (Lipinski definition) is 2. The van der Waals surface area contributed by atoms with Crippen LogP contribution in [0.4, 0.5) is 16.2 Å². The Morgan fingerprint density at radius 1 is 1.11 bits per heavy atom. The van der Waals surface area contributed by atoms with E-state index in [1.807, 2.05) is 19.1 Å². The maximum absolute atomic E-state index is 11.8. The summed E-state index contributed by atoms with van der Waals surface area (Å²) in [6.07, 6.45) is 0. The number of halogens is 1. The number of carbonyl (C=O) groups excluding carboxylic acids is 1. The molecule has 0 spiro atoms. The molecule has 0 fully saturated rings. The maximum atomic E-state index is 11.8. The molecule has 3 N–H and O–H groups in total. The number of phenols is 1. The van der Waals surface area contributed by atoms with Crippen LogP contribution in [0.3, 0.4) is 0 Å². The fraction of sp³-hybridized carbons (Fsp3) is 0.0714. The van der Waals surface area contributed by atoms with Crippen molar-refractivity contribution in [1.82, 2.24) is 0 Å². The number of hydrogen-bond donors (Lipinski definition) is 3. The lowest BCUT2D eigenvalue weighted by Gasteiger charge is -2.09. The lowest BCUT2D eigenvalue weighted by Crippen LogP contribution is -2.19. The highest BCUT2D eigenvalue weighted by molar-refractivity contribution is 9.10. The second-order valence-corrected chi connectivity index (χ2v) is 5.02. The van der Waals surface area contributed by atoms with Crippen LogP contribution in [0.5, 0.6) is 5.75 Å². The number of phenolic OH excluding ortho intramolecular Hbond substituents is 1. The second kappa shape index (κ2) is 5.75. The Morgan fingerprint density at radius 3 is 2.47 bits per heavy atom. The average Bonchev–Trinajstić information content (AvgIpc) is 2.37. The summed E-state index contributed by atoms with van der Waals surface area (Å²) in [5.41, 5.74) is 2.01. The third-order valence-corrected chi connectivity index (χ3v) is 3.03. The van der Waals surface area contributed by atoms with Gasteiger partial charge in [-0.2, -0.15) is 0 Å². The van der Waals surface area contributed by atoms with E-state index in [0.29, 0.717) is 11.4 Å². The van der Waals surface area contributed by atoms with Crippen molar-refractivity contribution in [2.75, 3.05) is 10.6 Å². The predicted octanol–water partition coefficient (Wildman–Crippen LogP) is 4.11.